The van der Waals surface area contributed by atoms with Crippen LogP contribution >= 0.6 is 11.3 Å². The number of carboxylic acid groups (broad SMARTS) is 1. The van der Waals surface area contributed by atoms with Crippen LogP contribution in [0.5, 0.6) is 0 Å². The van der Waals surface area contributed by atoms with Crippen LogP contribution in [0.3, 0.4) is 0 Å². The third kappa shape index (κ3) is 2.26. The second-order valence-corrected chi connectivity index (χ2v) is 3.13. The molecule has 60 valence electrons. The average Bonchev–Trinajstić information content (AvgIpc) is 2.48. The van der Waals surface area contributed by atoms with E-state index < -0.39 is 5.97 Å². The molecule has 0 aliphatic carbocycles. The lowest BCUT2D eigenvalue weighted by molar-refractivity contribution is -0.131. The second-order valence-electron chi connectivity index (χ2n) is 2.02. The van der Waals surface area contributed by atoms with Gasteiger partial charge in [-0.3, -0.25) is 0 Å². The zero-order valence-corrected chi connectivity index (χ0v) is 6.97. The number of carboxylic acids is 1. The van der Waals surface area contributed by atoms with E-state index in [2.05, 4.69) is 5.92 Å². The molecule has 0 aliphatic rings. The first-order valence-corrected chi connectivity index (χ1v) is 4.01. The van der Waals surface area contributed by atoms with E-state index in [0.29, 0.717) is 0 Å². The van der Waals surface area contributed by atoms with E-state index in [-0.39, 0.29) is 0 Å². The molecular weight excluding hydrogens is 172 g/mol. The summed E-state index contributed by atoms with van der Waals surface area (Å²) in [5, 5.41) is 8.32. The third-order valence-electron chi connectivity index (χ3n) is 1.16. The summed E-state index contributed by atoms with van der Waals surface area (Å²) in [7, 11) is 0. The highest BCUT2D eigenvalue weighted by atomic mass is 32.1. The second kappa shape index (κ2) is 3.74. The average molecular weight is 178 g/mol. The highest BCUT2D eigenvalue weighted by Crippen LogP contribution is 2.16. The van der Waals surface area contributed by atoms with Crippen LogP contribution in [-0.4, -0.2) is 11.1 Å². The summed E-state index contributed by atoms with van der Waals surface area (Å²) in [6.45, 7) is 0. The van der Waals surface area contributed by atoms with Gasteiger partial charge in [-0.25, -0.2) is 4.79 Å². The number of rotatable bonds is 2. The molecule has 0 fully saturated rings. The molecule has 0 amide bonds. The predicted molar refractivity (Wildman–Crippen MR) is 48.9 cm³/mol. The molecule has 1 N–H and O–H groups in total. The number of hydrogen-bond donors (Lipinski definition) is 1. The maximum atomic E-state index is 10.1. The Morgan fingerprint density at radius 1 is 1.67 bits per heavy atom. The van der Waals surface area contributed by atoms with Crippen LogP contribution in [0.15, 0.2) is 18.2 Å². The van der Waals surface area contributed by atoms with Crippen LogP contribution in [0.1, 0.15) is 9.75 Å². The molecular formula is C9H6O2S. The maximum absolute atomic E-state index is 10.1. The molecule has 3 heteroatoms. The molecule has 2 nitrogen and oxygen atoms in total. The van der Waals surface area contributed by atoms with Gasteiger partial charge < -0.3 is 5.11 Å². The van der Waals surface area contributed by atoms with Crippen LogP contribution in [0.25, 0.3) is 6.08 Å². The number of aliphatic carboxylic acids is 1. The van der Waals surface area contributed by atoms with Crippen LogP contribution in [0.4, 0.5) is 0 Å². The van der Waals surface area contributed by atoms with Gasteiger partial charge in [0.2, 0.25) is 0 Å². The Labute approximate surface area is 74.2 Å². The van der Waals surface area contributed by atoms with Crippen molar-refractivity contribution in [1.29, 1.82) is 0 Å². The quantitative estimate of drug-likeness (QED) is 0.554. The van der Waals surface area contributed by atoms with Crippen LogP contribution in [0.2, 0.25) is 0 Å². The fourth-order valence-corrected chi connectivity index (χ4v) is 1.39. The molecule has 0 bridgehead atoms. The van der Waals surface area contributed by atoms with Gasteiger partial charge in [0.1, 0.15) is 0 Å². The van der Waals surface area contributed by atoms with Crippen molar-refractivity contribution in [3.63, 3.8) is 0 Å². The summed E-state index contributed by atoms with van der Waals surface area (Å²) in [5.74, 6) is 1.52. The summed E-state index contributed by atoms with van der Waals surface area (Å²) in [5.41, 5.74) is 0. The molecule has 0 atom stereocenters. The van der Waals surface area contributed by atoms with E-state index in [0.717, 1.165) is 15.8 Å². The fourth-order valence-electron chi connectivity index (χ4n) is 0.673. The Balaban J connectivity index is 2.78. The van der Waals surface area contributed by atoms with E-state index >= 15 is 0 Å². The maximum Gasteiger partial charge on any atom is 0.328 e. The lowest BCUT2D eigenvalue weighted by Crippen LogP contribution is -1.84. The van der Waals surface area contributed by atoms with Crippen molar-refractivity contribution in [2.75, 3.05) is 0 Å². The Bertz CT molecular complexity index is 355. The fraction of sp³-hybridized carbons (Fsp3) is 0. The van der Waals surface area contributed by atoms with Crippen molar-refractivity contribution in [2.45, 2.75) is 0 Å². The molecule has 1 rings (SSSR count). The summed E-state index contributed by atoms with van der Waals surface area (Å²) in [6.07, 6.45) is 7.75. The smallest absolute Gasteiger partial charge is 0.328 e. The van der Waals surface area contributed by atoms with Crippen molar-refractivity contribution < 1.29 is 9.90 Å². The predicted octanol–water partition coefficient (Wildman–Crippen LogP) is 1.83. The third-order valence-corrected chi connectivity index (χ3v) is 2.14. The van der Waals surface area contributed by atoms with Crippen molar-refractivity contribution in [1.82, 2.24) is 0 Å². The number of carbonyl (C=O) groups is 1. The van der Waals surface area contributed by atoms with Crippen LogP contribution in [0, 0.1) is 12.3 Å². The minimum absolute atomic E-state index is 0.806. The highest BCUT2D eigenvalue weighted by molar-refractivity contribution is 7.13. The monoisotopic (exact) mass is 178 g/mol. The molecule has 0 aliphatic heterocycles. The first kappa shape index (κ1) is 8.57. The lowest BCUT2D eigenvalue weighted by Gasteiger charge is -1.79. The highest BCUT2D eigenvalue weighted by Gasteiger charge is 1.93. The Morgan fingerprint density at radius 2 is 2.42 bits per heavy atom. The Hall–Kier alpha value is -1.53. The molecule has 12 heavy (non-hydrogen) atoms. The Morgan fingerprint density at radius 3 is 2.92 bits per heavy atom. The molecule has 0 unspecified atom stereocenters. The van der Waals surface area contributed by atoms with Gasteiger partial charge in [-0.1, -0.05) is 5.92 Å². The van der Waals surface area contributed by atoms with E-state index in [9.17, 15) is 4.79 Å². The van der Waals surface area contributed by atoms with Gasteiger partial charge in [-0.2, -0.15) is 0 Å². The number of terminal acetylenes is 1. The van der Waals surface area contributed by atoms with E-state index in [4.69, 9.17) is 11.5 Å². The van der Waals surface area contributed by atoms with Crippen LogP contribution < -0.4 is 0 Å². The molecule has 0 radical (unpaired) electrons. The van der Waals surface area contributed by atoms with E-state index in [1.54, 1.807) is 12.1 Å². The van der Waals surface area contributed by atoms with Crippen molar-refractivity contribution in [2.24, 2.45) is 0 Å². The summed E-state index contributed by atoms with van der Waals surface area (Å²) in [6, 6.07) is 3.57. The zero-order valence-electron chi connectivity index (χ0n) is 6.15. The van der Waals surface area contributed by atoms with Gasteiger partial charge >= 0.3 is 5.97 Å². The largest absolute Gasteiger partial charge is 0.478 e. The lowest BCUT2D eigenvalue weighted by atomic mass is 10.4. The van der Waals surface area contributed by atoms with Gasteiger partial charge in [0, 0.05) is 11.0 Å². The summed E-state index contributed by atoms with van der Waals surface area (Å²) < 4.78 is 0. The van der Waals surface area contributed by atoms with E-state index in [1.165, 1.54) is 17.4 Å². The van der Waals surface area contributed by atoms with Crippen molar-refractivity contribution in [3.8, 4) is 12.3 Å². The molecule has 1 heterocycles. The summed E-state index contributed by atoms with van der Waals surface area (Å²) >= 11 is 1.39. The molecule has 1 aromatic heterocycles. The topological polar surface area (TPSA) is 37.3 Å². The van der Waals surface area contributed by atoms with Crippen LogP contribution in [-0.2, 0) is 4.79 Å². The summed E-state index contributed by atoms with van der Waals surface area (Å²) in [4.78, 5) is 11.8. The van der Waals surface area contributed by atoms with Crippen molar-refractivity contribution >= 4 is 23.4 Å². The number of thiophene rings is 1. The van der Waals surface area contributed by atoms with Gasteiger partial charge in [0.25, 0.3) is 0 Å². The first-order valence-electron chi connectivity index (χ1n) is 3.20. The van der Waals surface area contributed by atoms with Gasteiger partial charge in [-0.05, 0) is 18.2 Å². The van der Waals surface area contributed by atoms with Gasteiger partial charge in [-0.15, -0.1) is 17.8 Å². The zero-order chi connectivity index (χ0) is 8.97. The molecule has 1 aromatic rings. The van der Waals surface area contributed by atoms with E-state index in [1.807, 2.05) is 0 Å². The van der Waals surface area contributed by atoms with Gasteiger partial charge in [0.15, 0.2) is 0 Å². The Kier molecular flexibility index (Phi) is 2.67. The minimum Gasteiger partial charge on any atom is -0.478 e. The van der Waals surface area contributed by atoms with Crippen molar-refractivity contribution in [3.05, 3.63) is 28.0 Å². The number of hydrogen-bond acceptors (Lipinski definition) is 2. The minimum atomic E-state index is -0.953. The molecule has 0 aromatic carbocycles. The normalized spacial score (nSPS) is 9.92. The SMILES string of the molecule is C#Cc1ccc(/C=C/C(=O)O)s1. The first-order chi connectivity index (χ1) is 5.72. The van der Waals surface area contributed by atoms with Gasteiger partial charge in [0.05, 0.1) is 4.88 Å². The molecule has 0 spiro atoms. The standard InChI is InChI=1S/C9H6O2S/c1-2-7-3-4-8(12-7)5-6-9(10)11/h1,3-6H,(H,10,11)/b6-5+. The molecule has 0 saturated heterocycles. The molecule has 0 saturated carbocycles.